The first-order chi connectivity index (χ1) is 9.52. The molecule has 3 nitrogen and oxygen atoms in total. The van der Waals surface area contributed by atoms with Crippen molar-refractivity contribution in [2.45, 2.75) is 32.8 Å². The predicted molar refractivity (Wildman–Crippen MR) is 71.2 cm³/mol. The Kier molecular flexibility index (Phi) is 4.39. The SMILES string of the molecule is CCc1nnc(C)cc1C(O)Cc1cccc(F)c1F. The number of aliphatic hydroxyl groups excluding tert-OH is 1. The number of benzene rings is 1. The van der Waals surface area contributed by atoms with Gasteiger partial charge in [0.05, 0.1) is 17.5 Å². The second-order valence-corrected chi connectivity index (χ2v) is 4.67. The van der Waals surface area contributed by atoms with Crippen molar-refractivity contribution < 1.29 is 13.9 Å². The molecule has 1 aromatic heterocycles. The maximum atomic E-state index is 13.6. The Morgan fingerprint density at radius 3 is 2.70 bits per heavy atom. The van der Waals surface area contributed by atoms with Crippen LogP contribution in [0, 0.1) is 18.6 Å². The second kappa shape index (κ2) is 6.05. The summed E-state index contributed by atoms with van der Waals surface area (Å²) >= 11 is 0. The highest BCUT2D eigenvalue weighted by Gasteiger charge is 2.17. The first kappa shape index (κ1) is 14.5. The normalized spacial score (nSPS) is 12.4. The summed E-state index contributed by atoms with van der Waals surface area (Å²) in [6.45, 7) is 3.67. The molecule has 0 aliphatic heterocycles. The third kappa shape index (κ3) is 2.99. The van der Waals surface area contributed by atoms with Crippen LogP contribution in [-0.4, -0.2) is 15.3 Å². The lowest BCUT2D eigenvalue weighted by Gasteiger charge is -2.15. The lowest BCUT2D eigenvalue weighted by atomic mass is 9.98. The van der Waals surface area contributed by atoms with Crippen LogP contribution < -0.4 is 0 Å². The molecule has 0 amide bonds. The number of hydrogen-bond donors (Lipinski definition) is 1. The van der Waals surface area contributed by atoms with Crippen molar-refractivity contribution in [3.05, 3.63) is 58.4 Å². The van der Waals surface area contributed by atoms with Crippen LogP contribution in [-0.2, 0) is 12.8 Å². The molecular weight excluding hydrogens is 262 g/mol. The Morgan fingerprint density at radius 1 is 1.25 bits per heavy atom. The Morgan fingerprint density at radius 2 is 2.00 bits per heavy atom. The van der Waals surface area contributed by atoms with Crippen molar-refractivity contribution in [2.24, 2.45) is 0 Å². The Balaban J connectivity index is 2.30. The van der Waals surface area contributed by atoms with Gasteiger partial charge in [-0.15, -0.1) is 0 Å². The van der Waals surface area contributed by atoms with Crippen LogP contribution in [0.4, 0.5) is 8.78 Å². The van der Waals surface area contributed by atoms with E-state index >= 15 is 0 Å². The van der Waals surface area contributed by atoms with Crippen molar-refractivity contribution in [1.29, 1.82) is 0 Å². The van der Waals surface area contributed by atoms with Gasteiger partial charge in [0.2, 0.25) is 0 Å². The lowest BCUT2D eigenvalue weighted by molar-refractivity contribution is 0.175. The van der Waals surface area contributed by atoms with Gasteiger partial charge in [-0.1, -0.05) is 19.1 Å². The van der Waals surface area contributed by atoms with Gasteiger partial charge in [0, 0.05) is 12.0 Å². The van der Waals surface area contributed by atoms with Gasteiger partial charge in [-0.3, -0.25) is 0 Å². The first-order valence-corrected chi connectivity index (χ1v) is 6.47. The van der Waals surface area contributed by atoms with Crippen LogP contribution in [0.1, 0.15) is 35.5 Å². The zero-order valence-electron chi connectivity index (χ0n) is 11.4. The first-order valence-electron chi connectivity index (χ1n) is 6.47. The summed E-state index contributed by atoms with van der Waals surface area (Å²) in [7, 11) is 0. The van der Waals surface area contributed by atoms with E-state index in [0.717, 1.165) is 6.07 Å². The van der Waals surface area contributed by atoms with E-state index in [9.17, 15) is 13.9 Å². The summed E-state index contributed by atoms with van der Waals surface area (Å²) in [5, 5.41) is 18.2. The molecule has 2 aromatic rings. The summed E-state index contributed by atoms with van der Waals surface area (Å²) in [6, 6.07) is 5.68. The molecule has 0 bridgehead atoms. The smallest absolute Gasteiger partial charge is 0.162 e. The van der Waals surface area contributed by atoms with Gasteiger partial charge in [-0.2, -0.15) is 10.2 Å². The molecular formula is C15H16F2N2O. The van der Waals surface area contributed by atoms with E-state index in [0.29, 0.717) is 23.4 Å². The van der Waals surface area contributed by atoms with Crippen LogP contribution >= 0.6 is 0 Å². The highest BCUT2D eigenvalue weighted by molar-refractivity contribution is 5.27. The maximum Gasteiger partial charge on any atom is 0.162 e. The molecule has 1 unspecified atom stereocenters. The molecule has 1 aromatic carbocycles. The molecule has 0 saturated heterocycles. The Labute approximate surface area is 116 Å². The van der Waals surface area contributed by atoms with E-state index in [4.69, 9.17) is 0 Å². The fourth-order valence-corrected chi connectivity index (χ4v) is 2.12. The second-order valence-electron chi connectivity index (χ2n) is 4.67. The van der Waals surface area contributed by atoms with Crippen molar-refractivity contribution in [2.75, 3.05) is 0 Å². The van der Waals surface area contributed by atoms with Gasteiger partial charge in [0.1, 0.15) is 0 Å². The quantitative estimate of drug-likeness (QED) is 0.935. The topological polar surface area (TPSA) is 46.0 Å². The van der Waals surface area contributed by atoms with Gasteiger partial charge in [0.25, 0.3) is 0 Å². The molecule has 5 heteroatoms. The number of aliphatic hydroxyl groups is 1. The third-order valence-corrected chi connectivity index (χ3v) is 3.16. The Bertz CT molecular complexity index is 617. The number of aryl methyl sites for hydroxylation is 2. The monoisotopic (exact) mass is 278 g/mol. The average molecular weight is 278 g/mol. The van der Waals surface area contributed by atoms with E-state index in [2.05, 4.69) is 10.2 Å². The molecule has 106 valence electrons. The van der Waals surface area contributed by atoms with E-state index in [1.165, 1.54) is 12.1 Å². The van der Waals surface area contributed by atoms with Crippen LogP contribution in [0.15, 0.2) is 24.3 Å². The molecule has 20 heavy (non-hydrogen) atoms. The van der Waals surface area contributed by atoms with Gasteiger partial charge < -0.3 is 5.11 Å². The largest absolute Gasteiger partial charge is 0.388 e. The van der Waals surface area contributed by atoms with Gasteiger partial charge in [-0.25, -0.2) is 8.78 Å². The minimum absolute atomic E-state index is 0.00171. The summed E-state index contributed by atoms with van der Waals surface area (Å²) < 4.78 is 26.8. The zero-order valence-corrected chi connectivity index (χ0v) is 11.4. The molecule has 0 radical (unpaired) electrons. The van der Waals surface area contributed by atoms with Crippen LogP contribution in [0.2, 0.25) is 0 Å². The fraction of sp³-hybridized carbons (Fsp3) is 0.333. The van der Waals surface area contributed by atoms with Crippen molar-refractivity contribution in [1.82, 2.24) is 10.2 Å². The van der Waals surface area contributed by atoms with Crippen molar-refractivity contribution in [3.63, 3.8) is 0 Å². The Hall–Kier alpha value is -1.88. The van der Waals surface area contributed by atoms with Gasteiger partial charge in [-0.05, 0) is 31.0 Å². The molecule has 1 N–H and O–H groups in total. The molecule has 0 aliphatic rings. The number of halogens is 2. The molecule has 0 fully saturated rings. The summed E-state index contributed by atoms with van der Waals surface area (Å²) in [4.78, 5) is 0. The standard InChI is InChI=1S/C15H16F2N2O/c1-3-13-11(7-9(2)18-19-13)14(20)8-10-5-4-6-12(16)15(10)17/h4-7,14,20H,3,8H2,1-2H3. The van der Waals surface area contributed by atoms with Gasteiger partial charge >= 0.3 is 0 Å². The van der Waals surface area contributed by atoms with E-state index in [-0.39, 0.29) is 12.0 Å². The average Bonchev–Trinajstić information content (AvgIpc) is 2.43. The van der Waals surface area contributed by atoms with Crippen molar-refractivity contribution >= 4 is 0 Å². The lowest BCUT2D eigenvalue weighted by Crippen LogP contribution is -2.10. The highest BCUT2D eigenvalue weighted by atomic mass is 19.2. The van der Waals surface area contributed by atoms with Gasteiger partial charge in [0.15, 0.2) is 11.6 Å². The fourth-order valence-electron chi connectivity index (χ4n) is 2.12. The molecule has 1 atom stereocenters. The number of rotatable bonds is 4. The van der Waals surface area contributed by atoms with E-state index < -0.39 is 17.7 Å². The molecule has 1 heterocycles. The van der Waals surface area contributed by atoms with Crippen LogP contribution in [0.5, 0.6) is 0 Å². The molecule has 0 aliphatic carbocycles. The number of hydrogen-bond acceptors (Lipinski definition) is 3. The van der Waals surface area contributed by atoms with Crippen molar-refractivity contribution in [3.8, 4) is 0 Å². The minimum Gasteiger partial charge on any atom is -0.388 e. The van der Waals surface area contributed by atoms with Crippen LogP contribution in [0.25, 0.3) is 0 Å². The molecule has 2 rings (SSSR count). The summed E-state index contributed by atoms with van der Waals surface area (Å²) in [6.07, 6.45) is -0.317. The maximum absolute atomic E-state index is 13.6. The number of nitrogens with zero attached hydrogens (tertiary/aromatic N) is 2. The molecule has 0 saturated carbocycles. The highest BCUT2D eigenvalue weighted by Crippen LogP contribution is 2.23. The van der Waals surface area contributed by atoms with E-state index in [1.54, 1.807) is 13.0 Å². The molecule has 0 spiro atoms. The summed E-state index contributed by atoms with van der Waals surface area (Å²) in [5.74, 6) is -1.82. The van der Waals surface area contributed by atoms with Crippen LogP contribution in [0.3, 0.4) is 0 Å². The van der Waals surface area contributed by atoms with E-state index in [1.807, 2.05) is 6.92 Å². The third-order valence-electron chi connectivity index (χ3n) is 3.16. The summed E-state index contributed by atoms with van der Waals surface area (Å²) in [5.41, 5.74) is 2.11. The number of aromatic nitrogens is 2. The predicted octanol–water partition coefficient (Wildman–Crippen LogP) is 2.90. The zero-order chi connectivity index (χ0) is 14.7. The minimum atomic E-state index is -0.935.